The highest BCUT2D eigenvalue weighted by molar-refractivity contribution is 6.32. The van der Waals surface area contributed by atoms with Crippen LogP contribution in [0.5, 0.6) is 11.5 Å². The van der Waals surface area contributed by atoms with E-state index in [1.165, 1.54) is 0 Å². The molecule has 0 bridgehead atoms. The molecule has 0 amide bonds. The van der Waals surface area contributed by atoms with Gasteiger partial charge in [-0.2, -0.15) is 0 Å². The maximum atomic E-state index is 9.35. The van der Waals surface area contributed by atoms with E-state index in [9.17, 15) is 5.11 Å². The lowest BCUT2D eigenvalue weighted by molar-refractivity contribution is 0.274. The van der Waals surface area contributed by atoms with Crippen molar-refractivity contribution in [3.63, 3.8) is 0 Å². The molecule has 0 saturated carbocycles. The number of rotatable bonds is 8. The Hall–Kier alpha value is -2.17. The van der Waals surface area contributed by atoms with E-state index in [2.05, 4.69) is 11.9 Å². The predicted octanol–water partition coefficient (Wildman–Crippen LogP) is 4.02. The Morgan fingerprint density at radius 2 is 2.00 bits per heavy atom. The molecular formula is C18H20ClNO3. The lowest BCUT2D eigenvalue weighted by Crippen LogP contribution is -2.01. The quantitative estimate of drug-likeness (QED) is 0.716. The van der Waals surface area contributed by atoms with Gasteiger partial charge in [-0.25, -0.2) is 0 Å². The lowest BCUT2D eigenvalue weighted by atomic mass is 10.1. The van der Waals surface area contributed by atoms with Crippen LogP contribution < -0.4 is 14.8 Å². The van der Waals surface area contributed by atoms with Crippen molar-refractivity contribution in [2.24, 2.45) is 0 Å². The van der Waals surface area contributed by atoms with Gasteiger partial charge in [0.25, 0.3) is 0 Å². The van der Waals surface area contributed by atoms with Crippen LogP contribution in [0, 0.1) is 0 Å². The Labute approximate surface area is 141 Å². The van der Waals surface area contributed by atoms with Crippen LogP contribution in [0.2, 0.25) is 5.02 Å². The van der Waals surface area contributed by atoms with Gasteiger partial charge in [-0.05, 0) is 35.9 Å². The first-order chi connectivity index (χ1) is 11.2. The number of hydrogen-bond acceptors (Lipinski definition) is 4. The monoisotopic (exact) mass is 333 g/mol. The zero-order valence-corrected chi connectivity index (χ0v) is 13.8. The number of nitrogens with one attached hydrogen (secondary N) is 1. The molecule has 0 aliphatic heterocycles. The minimum atomic E-state index is -0.0696. The molecular weight excluding hydrogens is 314 g/mol. The molecule has 0 aromatic heterocycles. The van der Waals surface area contributed by atoms with Crippen LogP contribution in [0.3, 0.4) is 0 Å². The van der Waals surface area contributed by atoms with Gasteiger partial charge in [-0.15, -0.1) is 0 Å². The summed E-state index contributed by atoms with van der Waals surface area (Å²) in [5.74, 6) is 1.31. The van der Waals surface area contributed by atoms with Crippen LogP contribution in [-0.2, 0) is 13.2 Å². The molecule has 23 heavy (non-hydrogen) atoms. The Kier molecular flexibility index (Phi) is 6.32. The second-order valence-corrected chi connectivity index (χ2v) is 5.31. The van der Waals surface area contributed by atoms with Crippen molar-refractivity contribution < 1.29 is 14.6 Å². The lowest BCUT2D eigenvalue weighted by Gasteiger charge is -2.12. The largest absolute Gasteiger partial charge is 0.496 e. The highest BCUT2D eigenvalue weighted by atomic mass is 35.5. The molecule has 2 aromatic carbocycles. The zero-order chi connectivity index (χ0) is 16.7. The third-order valence-corrected chi connectivity index (χ3v) is 3.60. The number of hydrogen-bond donors (Lipinski definition) is 2. The summed E-state index contributed by atoms with van der Waals surface area (Å²) >= 11 is 6.20. The fourth-order valence-corrected chi connectivity index (χ4v) is 2.39. The number of benzene rings is 2. The minimum Gasteiger partial charge on any atom is -0.496 e. The zero-order valence-electron chi connectivity index (χ0n) is 13.0. The molecule has 0 aliphatic rings. The van der Waals surface area contributed by atoms with Crippen LogP contribution in [-0.4, -0.2) is 18.8 Å². The van der Waals surface area contributed by atoms with Crippen LogP contribution >= 0.6 is 11.6 Å². The van der Waals surface area contributed by atoms with Crippen LogP contribution in [0.25, 0.3) is 0 Å². The summed E-state index contributed by atoms with van der Waals surface area (Å²) in [5.41, 5.74) is 2.67. The van der Waals surface area contributed by atoms with Crippen molar-refractivity contribution in [1.29, 1.82) is 0 Å². The summed E-state index contributed by atoms with van der Waals surface area (Å²) in [6.45, 7) is 4.57. The molecule has 0 saturated heterocycles. The van der Waals surface area contributed by atoms with Gasteiger partial charge in [0.05, 0.1) is 18.7 Å². The summed E-state index contributed by atoms with van der Waals surface area (Å²) < 4.78 is 10.6. The van der Waals surface area contributed by atoms with Crippen molar-refractivity contribution in [1.82, 2.24) is 0 Å². The van der Waals surface area contributed by atoms with Gasteiger partial charge in [-0.3, -0.25) is 0 Å². The minimum absolute atomic E-state index is 0.0696. The van der Waals surface area contributed by atoms with Crippen molar-refractivity contribution in [3.8, 4) is 11.5 Å². The summed E-state index contributed by atoms with van der Waals surface area (Å²) in [4.78, 5) is 0. The molecule has 0 fully saturated rings. The topological polar surface area (TPSA) is 50.7 Å². The third-order valence-electron chi connectivity index (χ3n) is 3.30. The van der Waals surface area contributed by atoms with E-state index in [0.29, 0.717) is 29.7 Å². The third kappa shape index (κ3) is 4.65. The number of anilines is 1. The van der Waals surface area contributed by atoms with Gasteiger partial charge in [0.15, 0.2) is 0 Å². The van der Waals surface area contributed by atoms with E-state index >= 15 is 0 Å². The van der Waals surface area contributed by atoms with E-state index in [0.717, 1.165) is 16.8 Å². The van der Waals surface area contributed by atoms with Crippen molar-refractivity contribution >= 4 is 17.3 Å². The van der Waals surface area contributed by atoms with Crippen LogP contribution in [0.1, 0.15) is 11.1 Å². The van der Waals surface area contributed by atoms with E-state index in [1.54, 1.807) is 13.2 Å². The Morgan fingerprint density at radius 3 is 2.65 bits per heavy atom. The molecule has 5 heteroatoms. The Balaban J connectivity index is 2.03. The molecule has 0 unspecified atom stereocenters. The first-order valence-electron chi connectivity index (χ1n) is 7.21. The summed E-state index contributed by atoms with van der Waals surface area (Å²) in [6, 6.07) is 11.3. The number of aliphatic hydroxyl groups is 1. The number of methoxy groups -OCH3 is 1. The van der Waals surface area contributed by atoms with Gasteiger partial charge in [0.2, 0.25) is 0 Å². The molecule has 0 aliphatic carbocycles. The molecule has 2 N–H and O–H groups in total. The van der Waals surface area contributed by atoms with Gasteiger partial charge >= 0.3 is 0 Å². The summed E-state index contributed by atoms with van der Waals surface area (Å²) in [6.07, 6.45) is 1.67. The van der Waals surface area contributed by atoms with Crippen molar-refractivity contribution in [3.05, 3.63) is 65.2 Å². The SMILES string of the molecule is C=CCOc1ccc(CNc2ccc(OC)c(CO)c2)cc1Cl. The van der Waals surface area contributed by atoms with E-state index in [-0.39, 0.29) is 6.61 Å². The van der Waals surface area contributed by atoms with E-state index in [1.807, 2.05) is 36.4 Å². The van der Waals surface area contributed by atoms with E-state index in [4.69, 9.17) is 21.1 Å². The second kappa shape index (κ2) is 8.46. The highest BCUT2D eigenvalue weighted by Gasteiger charge is 2.05. The Bertz CT molecular complexity index is 673. The smallest absolute Gasteiger partial charge is 0.138 e. The van der Waals surface area contributed by atoms with Gasteiger partial charge in [0, 0.05) is 17.8 Å². The van der Waals surface area contributed by atoms with Crippen LogP contribution in [0.15, 0.2) is 49.1 Å². The summed E-state index contributed by atoms with van der Waals surface area (Å²) in [5, 5.41) is 13.2. The number of ether oxygens (including phenoxy) is 2. The maximum absolute atomic E-state index is 9.35. The second-order valence-electron chi connectivity index (χ2n) is 4.90. The van der Waals surface area contributed by atoms with Crippen molar-refractivity contribution in [2.45, 2.75) is 13.2 Å². The molecule has 0 radical (unpaired) electrons. The standard InChI is InChI=1S/C18H20ClNO3/c1-3-8-23-18-6-4-13(9-16(18)19)11-20-15-5-7-17(22-2)14(10-15)12-21/h3-7,9-10,20-21H,1,8,11-12H2,2H3. The van der Waals surface area contributed by atoms with E-state index < -0.39 is 0 Å². The molecule has 4 nitrogen and oxygen atoms in total. The maximum Gasteiger partial charge on any atom is 0.138 e. The average molecular weight is 334 g/mol. The predicted molar refractivity (Wildman–Crippen MR) is 93.4 cm³/mol. The molecule has 0 spiro atoms. The number of aliphatic hydroxyl groups excluding tert-OH is 1. The van der Waals surface area contributed by atoms with Gasteiger partial charge in [-0.1, -0.05) is 30.3 Å². The van der Waals surface area contributed by atoms with Gasteiger partial charge < -0.3 is 19.9 Å². The van der Waals surface area contributed by atoms with Crippen LogP contribution in [0.4, 0.5) is 5.69 Å². The molecule has 2 aromatic rings. The molecule has 2 rings (SSSR count). The normalized spacial score (nSPS) is 10.2. The first kappa shape index (κ1) is 17.2. The fraction of sp³-hybridized carbons (Fsp3) is 0.222. The summed E-state index contributed by atoms with van der Waals surface area (Å²) in [7, 11) is 1.58. The molecule has 0 heterocycles. The molecule has 0 atom stereocenters. The van der Waals surface area contributed by atoms with Gasteiger partial charge in [0.1, 0.15) is 18.1 Å². The highest BCUT2D eigenvalue weighted by Crippen LogP contribution is 2.27. The Morgan fingerprint density at radius 1 is 1.22 bits per heavy atom. The molecule has 122 valence electrons. The van der Waals surface area contributed by atoms with Crippen molar-refractivity contribution in [2.75, 3.05) is 19.0 Å². The fourth-order valence-electron chi connectivity index (χ4n) is 2.14. The first-order valence-corrected chi connectivity index (χ1v) is 7.59. The average Bonchev–Trinajstić information content (AvgIpc) is 2.58. The number of halogens is 1.